The van der Waals surface area contributed by atoms with Crippen molar-refractivity contribution >= 4 is 58.0 Å². The van der Waals surface area contributed by atoms with Crippen LogP contribution in [0.4, 0.5) is 17.3 Å². The van der Waals surface area contributed by atoms with Gasteiger partial charge in [0, 0.05) is 84.3 Å². The number of halogens is 3. The lowest BCUT2D eigenvalue weighted by atomic mass is 9.75. The monoisotopic (exact) mass is 652 g/mol. The van der Waals surface area contributed by atoms with Crippen molar-refractivity contribution in [3.8, 4) is 11.5 Å². The molecule has 0 atom stereocenters. The quantitative estimate of drug-likeness (QED) is 0.193. The molecule has 0 saturated heterocycles. The van der Waals surface area contributed by atoms with E-state index in [9.17, 15) is 4.79 Å². The fraction of sp³-hybridized carbons (Fsp3) is 0.303. The molecule has 11 heteroatoms. The SMILES string of the molecule is CCN(CC)c1ccc2c(c1)Oc1cc(N(CC)CC)ccc1C21c2ccccc2C(=O)N1Nc1ncccn1.ClC(Cl)Cl. The van der Waals surface area contributed by atoms with Gasteiger partial charge in [-0.05, 0) is 52.0 Å². The lowest BCUT2D eigenvalue weighted by Crippen LogP contribution is -2.50. The molecule has 3 heterocycles. The van der Waals surface area contributed by atoms with Crippen LogP contribution in [0.2, 0.25) is 0 Å². The van der Waals surface area contributed by atoms with Crippen LogP contribution >= 0.6 is 34.8 Å². The molecule has 6 rings (SSSR count). The molecular formula is C33H35Cl3N6O2. The molecule has 4 aromatic rings. The number of rotatable bonds is 8. The molecule has 8 nitrogen and oxygen atoms in total. The van der Waals surface area contributed by atoms with Gasteiger partial charge in [-0.3, -0.25) is 10.2 Å². The van der Waals surface area contributed by atoms with Crippen molar-refractivity contribution < 1.29 is 9.53 Å². The fourth-order valence-corrected chi connectivity index (χ4v) is 6.12. The number of benzene rings is 3. The van der Waals surface area contributed by atoms with Crippen LogP contribution in [0.15, 0.2) is 79.1 Å². The van der Waals surface area contributed by atoms with Crippen LogP contribution in [0, 0.1) is 0 Å². The summed E-state index contributed by atoms with van der Waals surface area (Å²) >= 11 is 14.4. The minimum atomic E-state index is -1.00. The highest BCUT2D eigenvalue weighted by Crippen LogP contribution is 2.58. The van der Waals surface area contributed by atoms with Crippen LogP contribution < -0.4 is 20.0 Å². The van der Waals surface area contributed by atoms with Gasteiger partial charge in [0.25, 0.3) is 5.91 Å². The van der Waals surface area contributed by atoms with E-state index in [1.165, 1.54) is 0 Å². The predicted molar refractivity (Wildman–Crippen MR) is 180 cm³/mol. The van der Waals surface area contributed by atoms with Crippen LogP contribution in [0.3, 0.4) is 0 Å². The minimum absolute atomic E-state index is 0.150. The second-order valence-corrected chi connectivity index (χ2v) is 12.1. The summed E-state index contributed by atoms with van der Waals surface area (Å²) in [4.78, 5) is 27.5. The number of hydrogen-bond donors (Lipinski definition) is 1. The maximum Gasteiger partial charge on any atom is 0.274 e. The van der Waals surface area contributed by atoms with Crippen LogP contribution in [0.5, 0.6) is 11.5 Å². The van der Waals surface area contributed by atoms with Gasteiger partial charge in [0.2, 0.25) is 5.95 Å². The maximum absolute atomic E-state index is 14.2. The van der Waals surface area contributed by atoms with E-state index >= 15 is 0 Å². The lowest BCUT2D eigenvalue weighted by Gasteiger charge is -2.44. The van der Waals surface area contributed by atoms with Crippen molar-refractivity contribution in [2.45, 2.75) is 37.5 Å². The first kappa shape index (κ1) is 31.7. The van der Waals surface area contributed by atoms with Crippen molar-refractivity contribution in [3.05, 3.63) is 101 Å². The number of ether oxygens (including phenoxy) is 1. The van der Waals surface area contributed by atoms with Gasteiger partial charge in [0.15, 0.2) is 4.30 Å². The molecule has 0 aliphatic carbocycles. The Morgan fingerprint density at radius 2 is 1.27 bits per heavy atom. The molecule has 0 radical (unpaired) electrons. The summed E-state index contributed by atoms with van der Waals surface area (Å²) in [5, 5.41) is 1.68. The number of alkyl halides is 3. The van der Waals surface area contributed by atoms with Gasteiger partial charge in [-0.25, -0.2) is 15.0 Å². The first-order valence-electron chi connectivity index (χ1n) is 14.7. The Kier molecular flexibility index (Phi) is 9.73. The molecular weight excluding hydrogens is 619 g/mol. The van der Waals surface area contributed by atoms with Gasteiger partial charge in [0.1, 0.15) is 17.0 Å². The maximum atomic E-state index is 14.2. The molecule has 3 aromatic carbocycles. The zero-order chi connectivity index (χ0) is 31.4. The highest BCUT2D eigenvalue weighted by molar-refractivity contribution is 6.63. The number of carbonyl (C=O) groups excluding carboxylic acids is 1. The summed E-state index contributed by atoms with van der Waals surface area (Å²) < 4.78 is 5.97. The van der Waals surface area contributed by atoms with E-state index in [1.54, 1.807) is 23.5 Å². The zero-order valence-corrected chi connectivity index (χ0v) is 27.4. The number of hydrazine groups is 1. The second kappa shape index (κ2) is 13.5. The van der Waals surface area contributed by atoms with Crippen molar-refractivity contribution in [2.75, 3.05) is 41.4 Å². The number of nitrogens with zero attached hydrogens (tertiary/aromatic N) is 5. The molecule has 1 aromatic heterocycles. The molecule has 0 saturated carbocycles. The fourth-order valence-electron chi connectivity index (χ4n) is 6.12. The Hall–Kier alpha value is -3.72. The molecule has 44 heavy (non-hydrogen) atoms. The molecule has 1 amide bonds. The Labute approximate surface area is 273 Å². The molecule has 2 aliphatic rings. The number of nitrogens with one attached hydrogen (secondary N) is 1. The Balaban J connectivity index is 0.000000906. The van der Waals surface area contributed by atoms with Crippen molar-refractivity contribution in [3.63, 3.8) is 0 Å². The second-order valence-electron chi connectivity index (χ2n) is 10.1. The van der Waals surface area contributed by atoms with Crippen LogP contribution in [0.1, 0.15) is 54.7 Å². The van der Waals surface area contributed by atoms with E-state index in [1.807, 2.05) is 24.3 Å². The number of carbonyl (C=O) groups is 1. The number of anilines is 3. The van der Waals surface area contributed by atoms with Crippen LogP contribution in [0.25, 0.3) is 0 Å². The number of fused-ring (bicyclic) bond motifs is 6. The molecule has 0 fully saturated rings. The van der Waals surface area contributed by atoms with Crippen molar-refractivity contribution in [1.82, 2.24) is 15.0 Å². The standard InChI is InChI=1S/C32H34N6O2.CHCl3/c1-5-36(6-2)22-14-16-26-28(20-22)40-29-21-23(37(7-3)8-4)15-17-27(29)32(26)25-13-10-9-12-24(25)30(39)38(32)35-31-33-18-11-19-34-31;2-1(3)4/h9-21H,5-8H2,1-4H3,(H,33,34,35);1H. The van der Waals surface area contributed by atoms with Gasteiger partial charge in [-0.15, -0.1) is 0 Å². The van der Waals surface area contributed by atoms with Gasteiger partial charge in [-0.2, -0.15) is 0 Å². The third-order valence-corrected chi connectivity index (χ3v) is 8.05. The van der Waals surface area contributed by atoms with Gasteiger partial charge < -0.3 is 14.5 Å². The van der Waals surface area contributed by atoms with Crippen molar-refractivity contribution in [2.24, 2.45) is 0 Å². The molecule has 1 spiro atoms. The van der Waals surface area contributed by atoms with Gasteiger partial charge in [0.05, 0.1) is 0 Å². The zero-order valence-electron chi connectivity index (χ0n) is 25.1. The minimum Gasteiger partial charge on any atom is -0.456 e. The normalized spacial score (nSPS) is 13.8. The summed E-state index contributed by atoms with van der Waals surface area (Å²) in [5.41, 5.74) is 7.72. The van der Waals surface area contributed by atoms with E-state index in [2.05, 4.69) is 89.3 Å². The third-order valence-electron chi connectivity index (χ3n) is 8.05. The highest BCUT2D eigenvalue weighted by Gasteiger charge is 2.57. The van der Waals surface area contributed by atoms with Gasteiger partial charge in [-0.1, -0.05) is 65.1 Å². The molecule has 0 unspecified atom stereocenters. The molecule has 2 aliphatic heterocycles. The lowest BCUT2D eigenvalue weighted by molar-refractivity contribution is 0.0722. The van der Waals surface area contributed by atoms with Crippen LogP contribution in [-0.2, 0) is 5.54 Å². The number of aromatic nitrogens is 2. The van der Waals surface area contributed by atoms with E-state index < -0.39 is 9.83 Å². The predicted octanol–water partition coefficient (Wildman–Crippen LogP) is 8.04. The molecule has 230 valence electrons. The Morgan fingerprint density at radius 1 is 0.773 bits per heavy atom. The Bertz CT molecular complexity index is 1550. The molecule has 1 N–H and O–H groups in total. The van der Waals surface area contributed by atoms with Crippen molar-refractivity contribution in [1.29, 1.82) is 0 Å². The Morgan fingerprint density at radius 3 is 1.77 bits per heavy atom. The number of hydrogen-bond acceptors (Lipinski definition) is 7. The summed E-state index contributed by atoms with van der Waals surface area (Å²) in [7, 11) is 0. The smallest absolute Gasteiger partial charge is 0.274 e. The van der Waals surface area contributed by atoms with Crippen LogP contribution in [-0.4, -0.2) is 51.4 Å². The van der Waals surface area contributed by atoms with Gasteiger partial charge >= 0.3 is 0 Å². The highest BCUT2D eigenvalue weighted by atomic mass is 35.6. The van der Waals surface area contributed by atoms with E-state index in [0.717, 1.165) is 65.7 Å². The van der Waals surface area contributed by atoms with E-state index in [0.29, 0.717) is 11.5 Å². The largest absolute Gasteiger partial charge is 0.456 e. The van der Waals surface area contributed by atoms with E-state index in [4.69, 9.17) is 39.5 Å². The summed E-state index contributed by atoms with van der Waals surface area (Å²) in [5.74, 6) is 1.64. The molecule has 0 bridgehead atoms. The average Bonchev–Trinajstić information content (AvgIpc) is 3.26. The average molecular weight is 654 g/mol. The first-order valence-corrected chi connectivity index (χ1v) is 16.0. The summed E-state index contributed by atoms with van der Waals surface area (Å²) in [6.07, 6.45) is 3.32. The first-order chi connectivity index (χ1) is 21.3. The number of amides is 1. The summed E-state index contributed by atoms with van der Waals surface area (Å²) in [6.45, 7) is 12.1. The topological polar surface area (TPSA) is 73.8 Å². The third kappa shape index (κ3) is 5.62. The summed E-state index contributed by atoms with van der Waals surface area (Å²) in [6, 6.07) is 22.2. The van der Waals surface area contributed by atoms with E-state index in [-0.39, 0.29) is 5.91 Å².